The Morgan fingerprint density at radius 2 is 2.00 bits per heavy atom. The number of halogens is 1. The summed E-state index contributed by atoms with van der Waals surface area (Å²) in [5.74, 6) is 0.581. The molecule has 0 saturated carbocycles. The molecule has 4 nitrogen and oxygen atoms in total. The molecule has 0 aliphatic carbocycles. The molecule has 0 amide bonds. The van der Waals surface area contributed by atoms with E-state index in [9.17, 15) is 8.42 Å². The minimum absolute atomic E-state index is 0.173. The molecule has 1 heterocycles. The average molecular weight is 303 g/mol. The van der Waals surface area contributed by atoms with Crippen molar-refractivity contribution in [3.63, 3.8) is 0 Å². The van der Waals surface area contributed by atoms with Gasteiger partial charge in [-0.05, 0) is 36.5 Å². The Morgan fingerprint density at radius 1 is 1.37 bits per heavy atom. The molecule has 1 saturated heterocycles. The topological polar surface area (TPSA) is 63.4 Å². The quantitative estimate of drug-likeness (QED) is 0.931. The van der Waals surface area contributed by atoms with Crippen LogP contribution in [0, 0.1) is 5.92 Å². The first-order valence-electron chi connectivity index (χ1n) is 6.44. The summed E-state index contributed by atoms with van der Waals surface area (Å²) in [7, 11) is -3.50. The average Bonchev–Trinajstić information content (AvgIpc) is 2.39. The van der Waals surface area contributed by atoms with Crippen LogP contribution in [-0.2, 0) is 16.6 Å². The van der Waals surface area contributed by atoms with Gasteiger partial charge in [0.2, 0.25) is 10.0 Å². The van der Waals surface area contributed by atoms with Gasteiger partial charge in [-0.1, -0.05) is 24.6 Å². The van der Waals surface area contributed by atoms with E-state index in [-0.39, 0.29) is 9.92 Å². The van der Waals surface area contributed by atoms with Gasteiger partial charge in [0.05, 0.1) is 5.02 Å². The van der Waals surface area contributed by atoms with E-state index in [2.05, 4.69) is 6.92 Å². The van der Waals surface area contributed by atoms with E-state index < -0.39 is 10.0 Å². The molecule has 0 radical (unpaired) electrons. The number of benzene rings is 1. The monoisotopic (exact) mass is 302 g/mol. The van der Waals surface area contributed by atoms with E-state index in [1.165, 1.54) is 4.31 Å². The maximum atomic E-state index is 12.6. The number of sulfonamides is 1. The van der Waals surface area contributed by atoms with Gasteiger partial charge in [-0.2, -0.15) is 4.31 Å². The first-order chi connectivity index (χ1) is 8.95. The highest BCUT2D eigenvalue weighted by Crippen LogP contribution is 2.28. The van der Waals surface area contributed by atoms with Crippen LogP contribution in [0.25, 0.3) is 0 Å². The lowest BCUT2D eigenvalue weighted by molar-refractivity contribution is 0.288. The second-order valence-corrected chi connectivity index (χ2v) is 7.37. The zero-order valence-electron chi connectivity index (χ0n) is 11.0. The fraction of sp³-hybridized carbons (Fsp3) is 0.538. The lowest BCUT2D eigenvalue weighted by Gasteiger charge is -2.29. The van der Waals surface area contributed by atoms with Crippen molar-refractivity contribution in [1.29, 1.82) is 0 Å². The summed E-state index contributed by atoms with van der Waals surface area (Å²) in [5.41, 5.74) is 6.33. The SMILES string of the molecule is CC1CCN(S(=O)(=O)c2cc(CN)ccc2Cl)CC1. The molecule has 106 valence electrons. The summed E-state index contributed by atoms with van der Waals surface area (Å²) in [6, 6.07) is 4.93. The molecule has 1 aliphatic heterocycles. The number of piperidine rings is 1. The molecule has 1 aliphatic rings. The second-order valence-electron chi connectivity index (χ2n) is 5.06. The third-order valence-corrected chi connectivity index (χ3v) is 5.97. The molecular weight excluding hydrogens is 284 g/mol. The molecule has 0 spiro atoms. The highest BCUT2D eigenvalue weighted by Gasteiger charge is 2.29. The molecule has 0 aromatic heterocycles. The Bertz CT molecular complexity index is 552. The summed E-state index contributed by atoms with van der Waals surface area (Å²) in [4.78, 5) is 0.173. The molecule has 1 fully saturated rings. The van der Waals surface area contributed by atoms with Crippen molar-refractivity contribution in [2.75, 3.05) is 13.1 Å². The summed E-state index contributed by atoms with van der Waals surface area (Å²) >= 11 is 6.04. The van der Waals surface area contributed by atoms with Gasteiger partial charge < -0.3 is 5.73 Å². The van der Waals surface area contributed by atoms with Gasteiger partial charge in [-0.3, -0.25) is 0 Å². The van der Waals surface area contributed by atoms with Crippen LogP contribution in [0.15, 0.2) is 23.1 Å². The molecule has 0 unspecified atom stereocenters. The van der Waals surface area contributed by atoms with Gasteiger partial charge in [-0.15, -0.1) is 0 Å². The van der Waals surface area contributed by atoms with E-state index in [0.29, 0.717) is 25.6 Å². The highest BCUT2D eigenvalue weighted by atomic mass is 35.5. The molecule has 2 N–H and O–H groups in total. The predicted octanol–water partition coefficient (Wildman–Crippen LogP) is 2.22. The Labute approximate surface area is 119 Å². The number of hydrogen-bond donors (Lipinski definition) is 1. The zero-order valence-corrected chi connectivity index (χ0v) is 12.5. The summed E-state index contributed by atoms with van der Waals surface area (Å²) in [5, 5.41) is 0.260. The Hall–Kier alpha value is -0.620. The fourth-order valence-electron chi connectivity index (χ4n) is 2.24. The van der Waals surface area contributed by atoms with Gasteiger partial charge in [0.25, 0.3) is 0 Å². The maximum absolute atomic E-state index is 12.6. The van der Waals surface area contributed by atoms with Crippen LogP contribution in [0.1, 0.15) is 25.3 Å². The van der Waals surface area contributed by atoms with Gasteiger partial charge in [0, 0.05) is 19.6 Å². The molecule has 1 aromatic rings. The van der Waals surface area contributed by atoms with E-state index >= 15 is 0 Å². The van der Waals surface area contributed by atoms with Crippen LogP contribution in [0.3, 0.4) is 0 Å². The van der Waals surface area contributed by atoms with Crippen molar-refractivity contribution < 1.29 is 8.42 Å². The predicted molar refractivity (Wildman–Crippen MR) is 76.5 cm³/mol. The molecule has 0 bridgehead atoms. The number of nitrogens with zero attached hydrogens (tertiary/aromatic N) is 1. The standard InChI is InChI=1S/C13H19ClN2O2S/c1-10-4-6-16(7-5-10)19(17,18)13-8-11(9-15)2-3-12(13)14/h2-3,8,10H,4-7,9,15H2,1H3. The number of rotatable bonds is 3. The van der Waals surface area contributed by atoms with Gasteiger partial charge in [0.15, 0.2) is 0 Å². The second kappa shape index (κ2) is 5.79. The van der Waals surface area contributed by atoms with Crippen molar-refractivity contribution in [2.45, 2.75) is 31.2 Å². The molecular formula is C13H19ClN2O2S. The van der Waals surface area contributed by atoms with Crippen LogP contribution < -0.4 is 5.73 Å². The van der Waals surface area contributed by atoms with E-state index in [4.69, 9.17) is 17.3 Å². The minimum atomic E-state index is -3.50. The first-order valence-corrected chi connectivity index (χ1v) is 8.25. The summed E-state index contributed by atoms with van der Waals surface area (Å²) < 4.78 is 26.7. The summed E-state index contributed by atoms with van der Waals surface area (Å²) in [6.07, 6.45) is 1.79. The van der Waals surface area contributed by atoms with Crippen molar-refractivity contribution in [3.05, 3.63) is 28.8 Å². The lowest BCUT2D eigenvalue weighted by Crippen LogP contribution is -2.38. The van der Waals surface area contributed by atoms with Gasteiger partial charge >= 0.3 is 0 Å². The smallest absolute Gasteiger partial charge is 0.244 e. The van der Waals surface area contributed by atoms with Crippen molar-refractivity contribution in [2.24, 2.45) is 11.7 Å². The number of hydrogen-bond acceptors (Lipinski definition) is 3. The Kier molecular flexibility index (Phi) is 4.50. The van der Waals surface area contributed by atoms with Crippen LogP contribution >= 0.6 is 11.6 Å². The van der Waals surface area contributed by atoms with E-state index in [1.54, 1.807) is 18.2 Å². The van der Waals surface area contributed by atoms with Crippen LogP contribution in [0.2, 0.25) is 5.02 Å². The van der Waals surface area contributed by atoms with Crippen molar-refractivity contribution in [1.82, 2.24) is 4.31 Å². The normalized spacial score (nSPS) is 18.7. The largest absolute Gasteiger partial charge is 0.326 e. The van der Waals surface area contributed by atoms with Crippen molar-refractivity contribution in [3.8, 4) is 0 Å². The Balaban J connectivity index is 2.34. The van der Waals surface area contributed by atoms with Gasteiger partial charge in [-0.25, -0.2) is 8.42 Å². The molecule has 2 rings (SSSR count). The molecule has 6 heteroatoms. The third-order valence-electron chi connectivity index (χ3n) is 3.59. The van der Waals surface area contributed by atoms with Crippen LogP contribution in [-0.4, -0.2) is 25.8 Å². The fourth-order valence-corrected chi connectivity index (χ4v) is 4.23. The van der Waals surface area contributed by atoms with Crippen LogP contribution in [0.4, 0.5) is 0 Å². The maximum Gasteiger partial charge on any atom is 0.244 e. The number of nitrogens with two attached hydrogens (primary N) is 1. The molecule has 0 atom stereocenters. The highest BCUT2D eigenvalue weighted by molar-refractivity contribution is 7.89. The minimum Gasteiger partial charge on any atom is -0.326 e. The molecule has 19 heavy (non-hydrogen) atoms. The van der Waals surface area contributed by atoms with Gasteiger partial charge in [0.1, 0.15) is 4.90 Å². The Morgan fingerprint density at radius 3 is 2.58 bits per heavy atom. The lowest BCUT2D eigenvalue weighted by atomic mass is 10.0. The van der Waals surface area contributed by atoms with Crippen molar-refractivity contribution >= 4 is 21.6 Å². The summed E-state index contributed by atoms with van der Waals surface area (Å²) in [6.45, 7) is 3.57. The third kappa shape index (κ3) is 3.11. The van der Waals surface area contributed by atoms with E-state index in [1.807, 2.05) is 0 Å². The zero-order chi connectivity index (χ0) is 14.0. The van der Waals surface area contributed by atoms with Crippen LogP contribution in [0.5, 0.6) is 0 Å². The van der Waals surface area contributed by atoms with E-state index in [0.717, 1.165) is 18.4 Å². The molecule has 1 aromatic carbocycles. The first kappa shape index (κ1) is 14.8.